The van der Waals surface area contributed by atoms with Gasteiger partial charge in [0.2, 0.25) is 0 Å². The lowest BCUT2D eigenvalue weighted by molar-refractivity contribution is 0.199. The highest BCUT2D eigenvalue weighted by Crippen LogP contribution is 2.15. The standard InChI is InChI=1S/C17H29NO2/c1-15(2)20-17-10-8-16(9-11-17)7-5-4-6-12-18-13-14-19-3/h8-11,15,18H,4-7,12-14H2,1-3H3. The zero-order chi connectivity index (χ0) is 14.6. The maximum Gasteiger partial charge on any atom is 0.119 e. The second-order valence-electron chi connectivity index (χ2n) is 5.36. The molecule has 3 nitrogen and oxygen atoms in total. The molecule has 3 heteroatoms. The van der Waals surface area contributed by atoms with Crippen LogP contribution in [0.5, 0.6) is 5.75 Å². The molecule has 0 aliphatic carbocycles. The zero-order valence-electron chi connectivity index (χ0n) is 13.2. The third-order valence-corrected chi connectivity index (χ3v) is 3.10. The molecule has 0 bridgehead atoms. The van der Waals surface area contributed by atoms with E-state index >= 15 is 0 Å². The maximum absolute atomic E-state index is 5.64. The first-order chi connectivity index (χ1) is 9.72. The molecule has 0 unspecified atom stereocenters. The predicted octanol–water partition coefficient (Wildman–Crippen LogP) is 3.42. The first kappa shape index (κ1) is 17.0. The second kappa shape index (κ2) is 10.7. The van der Waals surface area contributed by atoms with Gasteiger partial charge in [-0.1, -0.05) is 18.6 Å². The second-order valence-corrected chi connectivity index (χ2v) is 5.36. The van der Waals surface area contributed by atoms with Crippen LogP contribution in [0.2, 0.25) is 0 Å². The fourth-order valence-corrected chi connectivity index (χ4v) is 2.06. The summed E-state index contributed by atoms with van der Waals surface area (Å²) in [6.45, 7) is 6.94. The van der Waals surface area contributed by atoms with Crippen LogP contribution in [0, 0.1) is 0 Å². The summed E-state index contributed by atoms with van der Waals surface area (Å²) in [6, 6.07) is 8.49. The van der Waals surface area contributed by atoms with E-state index in [0.717, 1.165) is 31.9 Å². The molecule has 1 N–H and O–H groups in total. The number of unbranched alkanes of at least 4 members (excludes halogenated alkanes) is 2. The Balaban J connectivity index is 2.07. The number of nitrogens with one attached hydrogen (secondary N) is 1. The Labute approximate surface area is 123 Å². The van der Waals surface area contributed by atoms with E-state index in [1.165, 1.54) is 24.8 Å². The molecular formula is C17H29NO2. The smallest absolute Gasteiger partial charge is 0.119 e. The third kappa shape index (κ3) is 8.18. The molecule has 0 aromatic heterocycles. The highest BCUT2D eigenvalue weighted by Gasteiger charge is 1.98. The van der Waals surface area contributed by atoms with Gasteiger partial charge >= 0.3 is 0 Å². The molecule has 0 saturated carbocycles. The zero-order valence-corrected chi connectivity index (χ0v) is 13.2. The van der Waals surface area contributed by atoms with Gasteiger partial charge < -0.3 is 14.8 Å². The van der Waals surface area contributed by atoms with E-state index in [0.29, 0.717) is 0 Å². The van der Waals surface area contributed by atoms with Gasteiger partial charge in [0.15, 0.2) is 0 Å². The first-order valence-corrected chi connectivity index (χ1v) is 7.67. The first-order valence-electron chi connectivity index (χ1n) is 7.67. The van der Waals surface area contributed by atoms with Crippen LogP contribution in [0.3, 0.4) is 0 Å². The van der Waals surface area contributed by atoms with Crippen molar-refractivity contribution < 1.29 is 9.47 Å². The summed E-state index contributed by atoms with van der Waals surface area (Å²) in [6.07, 6.45) is 5.14. The van der Waals surface area contributed by atoms with Gasteiger partial charge in [-0.2, -0.15) is 0 Å². The van der Waals surface area contributed by atoms with Crippen LogP contribution in [0.15, 0.2) is 24.3 Å². The van der Waals surface area contributed by atoms with Crippen LogP contribution < -0.4 is 10.1 Å². The van der Waals surface area contributed by atoms with Gasteiger partial charge in [0, 0.05) is 13.7 Å². The lowest BCUT2D eigenvalue weighted by Gasteiger charge is -2.10. The fraction of sp³-hybridized carbons (Fsp3) is 0.647. The van der Waals surface area contributed by atoms with Crippen molar-refractivity contribution in [1.82, 2.24) is 5.32 Å². The lowest BCUT2D eigenvalue weighted by Crippen LogP contribution is -2.20. The molecule has 1 aromatic rings. The molecule has 0 atom stereocenters. The number of rotatable bonds is 11. The monoisotopic (exact) mass is 279 g/mol. The Bertz CT molecular complexity index is 335. The molecule has 0 amide bonds. The number of hydrogen-bond donors (Lipinski definition) is 1. The Morgan fingerprint density at radius 3 is 2.40 bits per heavy atom. The van der Waals surface area contributed by atoms with Crippen molar-refractivity contribution >= 4 is 0 Å². The summed E-state index contributed by atoms with van der Waals surface area (Å²) >= 11 is 0. The third-order valence-electron chi connectivity index (χ3n) is 3.10. The van der Waals surface area contributed by atoms with E-state index in [4.69, 9.17) is 9.47 Å². The van der Waals surface area contributed by atoms with E-state index in [-0.39, 0.29) is 6.10 Å². The highest BCUT2D eigenvalue weighted by atomic mass is 16.5. The van der Waals surface area contributed by atoms with Crippen LogP contribution in [0.4, 0.5) is 0 Å². The molecule has 114 valence electrons. The van der Waals surface area contributed by atoms with Crippen molar-refractivity contribution in [2.24, 2.45) is 0 Å². The molecule has 0 aliphatic rings. The van der Waals surface area contributed by atoms with Crippen LogP contribution >= 0.6 is 0 Å². The number of hydrogen-bond acceptors (Lipinski definition) is 3. The Morgan fingerprint density at radius 1 is 1.00 bits per heavy atom. The molecule has 20 heavy (non-hydrogen) atoms. The van der Waals surface area contributed by atoms with Crippen molar-refractivity contribution in [3.8, 4) is 5.75 Å². The van der Waals surface area contributed by atoms with E-state index < -0.39 is 0 Å². The van der Waals surface area contributed by atoms with Gasteiger partial charge in [-0.15, -0.1) is 0 Å². The summed E-state index contributed by atoms with van der Waals surface area (Å²) < 4.78 is 10.6. The number of benzene rings is 1. The minimum absolute atomic E-state index is 0.242. The van der Waals surface area contributed by atoms with Crippen molar-refractivity contribution in [1.29, 1.82) is 0 Å². The van der Waals surface area contributed by atoms with Crippen molar-refractivity contribution in [2.45, 2.75) is 45.6 Å². The van der Waals surface area contributed by atoms with Crippen LogP contribution in [0.1, 0.15) is 38.7 Å². The molecule has 1 aromatic carbocycles. The van der Waals surface area contributed by atoms with E-state index in [2.05, 4.69) is 43.4 Å². The molecule has 0 spiro atoms. The van der Waals surface area contributed by atoms with Crippen LogP contribution in [-0.4, -0.2) is 32.9 Å². The van der Waals surface area contributed by atoms with E-state index in [9.17, 15) is 0 Å². The van der Waals surface area contributed by atoms with Gasteiger partial charge in [0.1, 0.15) is 5.75 Å². The minimum Gasteiger partial charge on any atom is -0.491 e. The van der Waals surface area contributed by atoms with Crippen molar-refractivity contribution in [3.63, 3.8) is 0 Å². The summed E-state index contributed by atoms with van der Waals surface area (Å²) in [5.74, 6) is 0.964. The largest absolute Gasteiger partial charge is 0.491 e. The minimum atomic E-state index is 0.242. The van der Waals surface area contributed by atoms with Gasteiger partial charge in [-0.25, -0.2) is 0 Å². The summed E-state index contributed by atoms with van der Waals surface area (Å²) in [5, 5.41) is 3.37. The lowest BCUT2D eigenvalue weighted by atomic mass is 10.1. The Morgan fingerprint density at radius 2 is 1.75 bits per heavy atom. The molecule has 0 fully saturated rings. The summed E-state index contributed by atoms with van der Waals surface area (Å²) in [7, 11) is 1.74. The van der Waals surface area contributed by atoms with Gasteiger partial charge in [-0.3, -0.25) is 0 Å². The number of methoxy groups -OCH3 is 1. The maximum atomic E-state index is 5.64. The average molecular weight is 279 g/mol. The molecule has 0 aliphatic heterocycles. The quantitative estimate of drug-likeness (QED) is 0.630. The van der Waals surface area contributed by atoms with Gasteiger partial charge in [-0.05, 0) is 57.4 Å². The normalized spacial score (nSPS) is 11.0. The van der Waals surface area contributed by atoms with Gasteiger partial charge in [0.05, 0.1) is 12.7 Å². The topological polar surface area (TPSA) is 30.5 Å². The van der Waals surface area contributed by atoms with Crippen molar-refractivity contribution in [3.05, 3.63) is 29.8 Å². The molecule has 0 heterocycles. The number of aryl methyl sites for hydroxylation is 1. The summed E-state index contributed by atoms with van der Waals surface area (Å²) in [5.41, 5.74) is 1.40. The van der Waals surface area contributed by atoms with E-state index in [1.807, 2.05) is 0 Å². The van der Waals surface area contributed by atoms with Crippen molar-refractivity contribution in [2.75, 3.05) is 26.8 Å². The van der Waals surface area contributed by atoms with Crippen LogP contribution in [-0.2, 0) is 11.2 Å². The predicted molar refractivity (Wildman–Crippen MR) is 84.5 cm³/mol. The molecule has 0 radical (unpaired) electrons. The Kier molecular flexibility index (Phi) is 9.09. The highest BCUT2D eigenvalue weighted by molar-refractivity contribution is 5.27. The molecular weight excluding hydrogens is 250 g/mol. The average Bonchev–Trinajstić information content (AvgIpc) is 2.43. The number of ether oxygens (including phenoxy) is 2. The summed E-state index contributed by atoms with van der Waals surface area (Å²) in [4.78, 5) is 0. The van der Waals surface area contributed by atoms with Crippen LogP contribution in [0.25, 0.3) is 0 Å². The SMILES string of the molecule is COCCNCCCCCc1ccc(OC(C)C)cc1. The molecule has 1 rings (SSSR count). The van der Waals surface area contributed by atoms with Gasteiger partial charge in [0.25, 0.3) is 0 Å². The fourth-order valence-electron chi connectivity index (χ4n) is 2.06. The molecule has 0 saturated heterocycles. The Hall–Kier alpha value is -1.06. The van der Waals surface area contributed by atoms with E-state index in [1.54, 1.807) is 7.11 Å².